The van der Waals surface area contributed by atoms with Gasteiger partial charge >= 0.3 is 11.9 Å². The lowest BCUT2D eigenvalue weighted by Crippen LogP contribution is -2.23. The van der Waals surface area contributed by atoms with Crippen LogP contribution in [-0.4, -0.2) is 38.4 Å². The summed E-state index contributed by atoms with van der Waals surface area (Å²) in [6, 6.07) is 20.1. The van der Waals surface area contributed by atoms with Gasteiger partial charge in [0.2, 0.25) is 0 Å². The van der Waals surface area contributed by atoms with Gasteiger partial charge < -0.3 is 18.9 Å². The first kappa shape index (κ1) is 24.8. The van der Waals surface area contributed by atoms with Gasteiger partial charge in [-0.2, -0.15) is 0 Å². The van der Waals surface area contributed by atoms with Gasteiger partial charge in [-0.3, -0.25) is 0 Å². The quantitative estimate of drug-likeness (QED) is 0.539. The molecule has 2 aliphatic heterocycles. The highest BCUT2D eigenvalue weighted by Gasteiger charge is 2.22. The van der Waals surface area contributed by atoms with Crippen LogP contribution in [0.25, 0.3) is 6.08 Å². The molecule has 2 aromatic carbocycles. The number of rotatable bonds is 7. The summed E-state index contributed by atoms with van der Waals surface area (Å²) >= 11 is 0. The Morgan fingerprint density at radius 2 is 1.41 bits per heavy atom. The number of cyclic esters (lactones) is 2. The summed E-state index contributed by atoms with van der Waals surface area (Å²) in [5.41, 5.74) is 2.34. The topological polar surface area (TPSA) is 71.1 Å². The van der Waals surface area contributed by atoms with Crippen molar-refractivity contribution in [2.24, 2.45) is 0 Å². The molecule has 34 heavy (non-hydrogen) atoms. The molecule has 0 saturated carbocycles. The van der Waals surface area contributed by atoms with E-state index in [0.717, 1.165) is 18.4 Å². The Bertz CT molecular complexity index is 1020. The van der Waals surface area contributed by atoms with E-state index in [2.05, 4.69) is 12.1 Å². The van der Waals surface area contributed by atoms with Gasteiger partial charge in [-0.05, 0) is 30.0 Å². The van der Waals surface area contributed by atoms with Crippen molar-refractivity contribution in [1.82, 2.24) is 0 Å². The number of benzene rings is 2. The number of methoxy groups -OCH3 is 2. The summed E-state index contributed by atoms with van der Waals surface area (Å²) in [5, 5.41) is 0. The molecule has 0 N–H and O–H groups in total. The van der Waals surface area contributed by atoms with Gasteiger partial charge in [0.1, 0.15) is 23.7 Å². The molecule has 1 unspecified atom stereocenters. The van der Waals surface area contributed by atoms with E-state index in [1.54, 1.807) is 14.2 Å². The smallest absolute Gasteiger partial charge is 0.334 e. The van der Waals surface area contributed by atoms with E-state index >= 15 is 0 Å². The second-order valence-corrected chi connectivity index (χ2v) is 7.87. The second kappa shape index (κ2) is 13.0. The number of carbonyl (C=O) groups excluding carboxylic acids is 2. The maximum atomic E-state index is 11.3. The lowest BCUT2D eigenvalue weighted by Gasteiger charge is -2.22. The third-order valence-electron chi connectivity index (χ3n) is 5.36. The summed E-state index contributed by atoms with van der Waals surface area (Å²) in [7, 11) is 3.14. The molecular formula is C28H30O6. The Morgan fingerprint density at radius 1 is 0.824 bits per heavy atom. The minimum absolute atomic E-state index is 0.0670. The first-order valence-electron chi connectivity index (χ1n) is 11.2. The molecule has 2 atom stereocenters. The fourth-order valence-electron chi connectivity index (χ4n) is 3.58. The van der Waals surface area contributed by atoms with E-state index in [-0.39, 0.29) is 24.1 Å². The van der Waals surface area contributed by atoms with Crippen LogP contribution in [0.2, 0.25) is 0 Å². The largest absolute Gasteiger partial charge is 0.501 e. The van der Waals surface area contributed by atoms with E-state index in [4.69, 9.17) is 18.9 Å². The van der Waals surface area contributed by atoms with Gasteiger partial charge in [0.15, 0.2) is 0 Å². The van der Waals surface area contributed by atoms with Crippen LogP contribution < -0.4 is 0 Å². The highest BCUT2D eigenvalue weighted by atomic mass is 16.6. The number of esters is 2. The molecule has 0 spiro atoms. The molecule has 6 heteroatoms. The number of aryl methyl sites for hydroxylation is 1. The van der Waals surface area contributed by atoms with Crippen molar-refractivity contribution in [3.63, 3.8) is 0 Å². The van der Waals surface area contributed by atoms with Crippen molar-refractivity contribution in [3.05, 3.63) is 102 Å². The average molecular weight is 463 g/mol. The predicted octanol–water partition coefficient (Wildman–Crippen LogP) is 5.01. The molecule has 6 nitrogen and oxygen atoms in total. The molecule has 2 aromatic rings. The average Bonchev–Trinajstić information content (AvgIpc) is 2.87. The molecule has 0 amide bonds. The fraction of sp³-hybridized carbons (Fsp3) is 0.286. The Hall–Kier alpha value is -3.80. The third-order valence-corrected chi connectivity index (χ3v) is 5.36. The van der Waals surface area contributed by atoms with Crippen LogP contribution in [0.15, 0.2) is 90.4 Å². The predicted molar refractivity (Wildman–Crippen MR) is 129 cm³/mol. The molecule has 0 aromatic heterocycles. The zero-order valence-corrected chi connectivity index (χ0v) is 19.5. The van der Waals surface area contributed by atoms with E-state index < -0.39 is 0 Å². The first-order chi connectivity index (χ1) is 16.6. The van der Waals surface area contributed by atoms with Gasteiger partial charge in [0.05, 0.1) is 26.4 Å². The molecule has 2 heterocycles. The molecule has 2 aliphatic rings. The minimum atomic E-state index is -0.351. The normalized spacial score (nSPS) is 19.7. The van der Waals surface area contributed by atoms with Crippen molar-refractivity contribution < 1.29 is 28.5 Å². The van der Waals surface area contributed by atoms with Crippen LogP contribution >= 0.6 is 0 Å². The maximum Gasteiger partial charge on any atom is 0.334 e. The lowest BCUT2D eigenvalue weighted by atomic mass is 10.0. The van der Waals surface area contributed by atoms with Crippen LogP contribution in [0, 0.1) is 0 Å². The molecule has 0 bridgehead atoms. The van der Waals surface area contributed by atoms with E-state index in [1.807, 2.05) is 60.7 Å². The molecule has 0 saturated heterocycles. The van der Waals surface area contributed by atoms with Crippen LogP contribution in [0.5, 0.6) is 0 Å². The number of ether oxygens (including phenoxy) is 4. The number of carbonyl (C=O) groups is 2. The molecule has 0 aliphatic carbocycles. The monoisotopic (exact) mass is 462 g/mol. The number of hydrogen-bond donors (Lipinski definition) is 0. The van der Waals surface area contributed by atoms with Crippen LogP contribution in [0.3, 0.4) is 0 Å². The van der Waals surface area contributed by atoms with Crippen molar-refractivity contribution in [3.8, 4) is 0 Å². The van der Waals surface area contributed by atoms with E-state index in [1.165, 1.54) is 17.7 Å². The van der Waals surface area contributed by atoms with Gasteiger partial charge in [0, 0.05) is 12.8 Å². The molecular weight excluding hydrogens is 432 g/mol. The standard InChI is InChI=1S/C14H16O3.C14H14O3/c2*1-16-13-9-12(17-14(15)10-13)8-7-11-5-3-2-4-6-11/h2-6,10,12H,7-9H2,1H3;2-8,10,12H,9H2,1H3/b;8-7+/t;12-/m.0/s1. The molecule has 4 rings (SSSR count). The lowest BCUT2D eigenvalue weighted by molar-refractivity contribution is -0.145. The summed E-state index contributed by atoms with van der Waals surface area (Å²) in [4.78, 5) is 22.5. The highest BCUT2D eigenvalue weighted by molar-refractivity contribution is 5.84. The third kappa shape index (κ3) is 8.28. The Kier molecular flexibility index (Phi) is 9.52. The van der Waals surface area contributed by atoms with Crippen molar-refractivity contribution in [2.45, 2.75) is 37.9 Å². The SMILES string of the molecule is COC1=CC(=O)OC(CCc2ccccc2)C1.COC1=CC(=O)O[C@@H](/C=C/c2ccccc2)C1. The molecule has 0 fully saturated rings. The van der Waals surface area contributed by atoms with Gasteiger partial charge in [-0.25, -0.2) is 9.59 Å². The first-order valence-corrected chi connectivity index (χ1v) is 11.2. The fourth-order valence-corrected chi connectivity index (χ4v) is 3.58. The van der Waals surface area contributed by atoms with Crippen LogP contribution in [-0.2, 0) is 35.0 Å². The van der Waals surface area contributed by atoms with E-state index in [0.29, 0.717) is 24.4 Å². The van der Waals surface area contributed by atoms with Gasteiger partial charge in [-0.15, -0.1) is 0 Å². The summed E-state index contributed by atoms with van der Waals surface area (Å²) in [6.45, 7) is 0. The zero-order chi connectivity index (χ0) is 24.2. The van der Waals surface area contributed by atoms with Crippen LogP contribution in [0.1, 0.15) is 30.4 Å². The second-order valence-electron chi connectivity index (χ2n) is 7.87. The Morgan fingerprint density at radius 3 is 2.06 bits per heavy atom. The maximum absolute atomic E-state index is 11.3. The summed E-state index contributed by atoms with van der Waals surface area (Å²) in [6.07, 6.45) is 9.31. The highest BCUT2D eigenvalue weighted by Crippen LogP contribution is 2.20. The zero-order valence-electron chi connectivity index (χ0n) is 19.5. The van der Waals surface area contributed by atoms with Crippen LogP contribution in [0.4, 0.5) is 0 Å². The molecule has 178 valence electrons. The van der Waals surface area contributed by atoms with Crippen molar-refractivity contribution >= 4 is 18.0 Å². The molecule has 0 radical (unpaired) electrons. The minimum Gasteiger partial charge on any atom is -0.501 e. The Balaban J connectivity index is 0.000000191. The van der Waals surface area contributed by atoms with Gasteiger partial charge in [-0.1, -0.05) is 66.7 Å². The Labute approximate surface area is 200 Å². The summed E-state index contributed by atoms with van der Waals surface area (Å²) < 4.78 is 20.6. The summed E-state index contributed by atoms with van der Waals surface area (Å²) in [5.74, 6) is 0.713. The van der Waals surface area contributed by atoms with Crippen molar-refractivity contribution in [2.75, 3.05) is 14.2 Å². The van der Waals surface area contributed by atoms with Gasteiger partial charge in [0.25, 0.3) is 0 Å². The van der Waals surface area contributed by atoms with E-state index in [9.17, 15) is 9.59 Å². The number of hydrogen-bond acceptors (Lipinski definition) is 6. The van der Waals surface area contributed by atoms with Crippen molar-refractivity contribution in [1.29, 1.82) is 0 Å².